The zero-order chi connectivity index (χ0) is 32.5. The van der Waals surface area contributed by atoms with Crippen LogP contribution >= 0.6 is 0 Å². The molecule has 234 valence electrons. The maximum atomic E-state index is 14.4. The number of aromatic carboxylic acids is 1. The molecule has 0 aromatic heterocycles. The number of sulfonamides is 1. The summed E-state index contributed by atoms with van der Waals surface area (Å²) in [7, 11) is -4.88. The van der Waals surface area contributed by atoms with Gasteiger partial charge in [0.05, 0.1) is 28.3 Å². The number of aryl methyl sites for hydroxylation is 2. The van der Waals surface area contributed by atoms with Gasteiger partial charge in [-0.1, -0.05) is 54.6 Å². The first-order valence-electron chi connectivity index (χ1n) is 13.9. The first-order valence-corrected chi connectivity index (χ1v) is 15.4. The number of carboxylic acid groups (broad SMARTS) is 1. The van der Waals surface area contributed by atoms with Gasteiger partial charge in [0.2, 0.25) is 5.91 Å². The number of carbonyl (C=O) groups excluding carboxylic acids is 1. The second-order valence-corrected chi connectivity index (χ2v) is 12.4. The number of carbonyl (C=O) groups is 2. The van der Waals surface area contributed by atoms with Crippen molar-refractivity contribution in [1.29, 1.82) is 0 Å². The summed E-state index contributed by atoms with van der Waals surface area (Å²) in [5, 5.41) is 11.9. The molecule has 0 radical (unpaired) electrons. The molecule has 0 unspecified atom stereocenters. The molecule has 8 nitrogen and oxygen atoms in total. The summed E-state index contributed by atoms with van der Waals surface area (Å²) in [6, 6.07) is 19.2. The molecule has 5 rings (SSSR count). The van der Waals surface area contributed by atoms with Gasteiger partial charge in [-0.3, -0.25) is 9.10 Å². The molecular weight excluding hydrogens is 609 g/mol. The minimum atomic E-state index is -5.00. The van der Waals surface area contributed by atoms with E-state index in [4.69, 9.17) is 4.74 Å². The number of anilines is 1. The first-order chi connectivity index (χ1) is 21.3. The molecule has 0 saturated heterocycles. The minimum absolute atomic E-state index is 0.0224. The van der Waals surface area contributed by atoms with Crippen molar-refractivity contribution in [1.82, 2.24) is 5.32 Å². The number of hydrogen-bond donors (Lipinski definition) is 2. The topological polar surface area (TPSA) is 113 Å². The van der Waals surface area contributed by atoms with E-state index in [0.717, 1.165) is 16.4 Å². The van der Waals surface area contributed by atoms with Crippen molar-refractivity contribution in [3.05, 3.63) is 113 Å². The van der Waals surface area contributed by atoms with Gasteiger partial charge >= 0.3 is 12.1 Å². The van der Waals surface area contributed by atoms with Crippen molar-refractivity contribution in [2.75, 3.05) is 17.5 Å². The Labute approximate surface area is 258 Å². The number of hydrogen-bond acceptors (Lipinski definition) is 5. The third-order valence-corrected chi connectivity index (χ3v) is 9.39. The number of halogens is 3. The minimum Gasteiger partial charge on any atom is -0.491 e. The fourth-order valence-corrected chi connectivity index (χ4v) is 7.34. The molecule has 1 heterocycles. The van der Waals surface area contributed by atoms with Crippen LogP contribution in [-0.2, 0) is 27.4 Å². The van der Waals surface area contributed by atoms with E-state index in [1.54, 1.807) is 62.4 Å². The quantitative estimate of drug-likeness (QED) is 0.218. The van der Waals surface area contributed by atoms with Gasteiger partial charge in [-0.05, 0) is 72.0 Å². The van der Waals surface area contributed by atoms with Crippen molar-refractivity contribution in [2.45, 2.75) is 37.4 Å². The van der Waals surface area contributed by atoms with E-state index in [9.17, 15) is 36.3 Å². The van der Waals surface area contributed by atoms with E-state index in [0.29, 0.717) is 28.0 Å². The molecule has 0 fully saturated rings. The lowest BCUT2D eigenvalue weighted by Crippen LogP contribution is -2.49. The highest BCUT2D eigenvalue weighted by Crippen LogP contribution is 2.42. The Hall–Kier alpha value is -4.84. The number of carboxylic acids is 1. The maximum absolute atomic E-state index is 14.4. The van der Waals surface area contributed by atoms with Gasteiger partial charge in [0.25, 0.3) is 10.0 Å². The summed E-state index contributed by atoms with van der Waals surface area (Å²) in [6.45, 7) is 3.31. The van der Waals surface area contributed by atoms with Crippen LogP contribution in [-0.4, -0.2) is 44.6 Å². The molecular formula is C33H29F3N2O6S. The summed E-state index contributed by atoms with van der Waals surface area (Å²) in [5.74, 6) is -1.33. The Morgan fingerprint density at radius 2 is 1.58 bits per heavy atom. The SMILES string of the molecule is Cc1cc(C(=O)O)cc(C)c1OCCNC(=O)[C@@H]1Cc2ccccc2N1S(=O)(=O)c1ccc(-c2ccccc2)cc1C(F)(F)F. The Morgan fingerprint density at radius 1 is 0.933 bits per heavy atom. The predicted molar refractivity (Wildman–Crippen MR) is 162 cm³/mol. The zero-order valence-corrected chi connectivity index (χ0v) is 25.1. The van der Waals surface area contributed by atoms with E-state index in [2.05, 4.69) is 5.32 Å². The molecule has 4 aromatic carbocycles. The van der Waals surface area contributed by atoms with Crippen LogP contribution in [0.1, 0.15) is 32.6 Å². The largest absolute Gasteiger partial charge is 0.491 e. The fraction of sp³-hybridized carbons (Fsp3) is 0.212. The molecule has 1 aliphatic rings. The third-order valence-electron chi connectivity index (χ3n) is 7.51. The van der Waals surface area contributed by atoms with Crippen LogP contribution in [0, 0.1) is 13.8 Å². The average Bonchev–Trinajstić information content (AvgIpc) is 3.40. The zero-order valence-electron chi connectivity index (χ0n) is 24.3. The van der Waals surface area contributed by atoms with Crippen LogP contribution in [0.3, 0.4) is 0 Å². The van der Waals surface area contributed by atoms with Crippen molar-refractivity contribution < 1.29 is 41.0 Å². The van der Waals surface area contributed by atoms with Crippen LogP contribution < -0.4 is 14.4 Å². The van der Waals surface area contributed by atoms with Crippen LogP contribution in [0.5, 0.6) is 5.75 Å². The van der Waals surface area contributed by atoms with Crippen molar-refractivity contribution >= 4 is 27.6 Å². The maximum Gasteiger partial charge on any atom is 0.417 e. The number of nitrogens with zero attached hydrogens (tertiary/aromatic N) is 1. The number of para-hydroxylation sites is 1. The van der Waals surface area contributed by atoms with Gasteiger partial charge in [0.1, 0.15) is 18.4 Å². The molecule has 1 atom stereocenters. The lowest BCUT2D eigenvalue weighted by Gasteiger charge is -2.28. The Balaban J connectivity index is 1.41. The van der Waals surface area contributed by atoms with Crippen LogP contribution in [0.25, 0.3) is 11.1 Å². The highest BCUT2D eigenvalue weighted by molar-refractivity contribution is 7.93. The molecule has 12 heteroatoms. The highest BCUT2D eigenvalue weighted by atomic mass is 32.2. The molecule has 1 amide bonds. The number of amides is 1. The standard InChI is InChI=1S/C33H29F3N2O6S/c1-20-16-25(32(40)41)17-21(2)30(20)44-15-14-37-31(39)28-19-24-10-6-7-11-27(24)38(28)45(42,43)29-13-12-23(18-26(29)33(34,35)36)22-8-4-3-5-9-22/h3-13,16-18,28H,14-15,19H2,1-2H3,(H,37,39)(H,40,41)/t28-/m0/s1. The van der Waals surface area contributed by atoms with Gasteiger partial charge in [-0.15, -0.1) is 0 Å². The number of nitrogens with one attached hydrogen (secondary N) is 1. The van der Waals surface area contributed by atoms with Gasteiger partial charge < -0.3 is 15.2 Å². The monoisotopic (exact) mass is 638 g/mol. The molecule has 1 aliphatic heterocycles. The van der Waals surface area contributed by atoms with Crippen LogP contribution in [0.4, 0.5) is 18.9 Å². The molecule has 4 aromatic rings. The smallest absolute Gasteiger partial charge is 0.417 e. The van der Waals surface area contributed by atoms with Gasteiger partial charge in [-0.2, -0.15) is 13.2 Å². The number of rotatable bonds is 9. The van der Waals surface area contributed by atoms with Gasteiger partial charge in [-0.25, -0.2) is 13.2 Å². The van der Waals surface area contributed by atoms with Gasteiger partial charge in [0.15, 0.2) is 0 Å². The Kier molecular flexibility index (Phi) is 8.61. The van der Waals surface area contributed by atoms with Gasteiger partial charge in [0, 0.05) is 6.42 Å². The molecule has 0 spiro atoms. The van der Waals surface area contributed by atoms with E-state index in [1.165, 1.54) is 24.3 Å². The summed E-state index contributed by atoms with van der Waals surface area (Å²) in [5.41, 5.74) is 1.25. The molecule has 45 heavy (non-hydrogen) atoms. The second-order valence-electron chi connectivity index (χ2n) is 10.6. The summed E-state index contributed by atoms with van der Waals surface area (Å²) >= 11 is 0. The van der Waals surface area contributed by atoms with E-state index < -0.39 is 44.6 Å². The van der Waals surface area contributed by atoms with Crippen molar-refractivity contribution in [2.24, 2.45) is 0 Å². The normalized spacial score (nSPS) is 14.6. The molecule has 2 N–H and O–H groups in total. The number of benzene rings is 4. The first kappa shape index (κ1) is 31.6. The highest BCUT2D eigenvalue weighted by Gasteiger charge is 2.46. The lowest BCUT2D eigenvalue weighted by molar-refractivity contribution is -0.139. The van der Waals surface area contributed by atoms with E-state index in [1.807, 2.05) is 0 Å². The average molecular weight is 639 g/mol. The fourth-order valence-electron chi connectivity index (χ4n) is 5.49. The third kappa shape index (κ3) is 6.37. The Bertz CT molecular complexity index is 1850. The summed E-state index contributed by atoms with van der Waals surface area (Å²) in [6.07, 6.45) is -5.04. The van der Waals surface area contributed by atoms with Crippen molar-refractivity contribution in [3.63, 3.8) is 0 Å². The van der Waals surface area contributed by atoms with Crippen LogP contribution in [0.2, 0.25) is 0 Å². The van der Waals surface area contributed by atoms with E-state index in [-0.39, 0.29) is 36.4 Å². The number of alkyl halides is 3. The molecule has 0 aliphatic carbocycles. The number of fused-ring (bicyclic) bond motifs is 1. The molecule has 0 bridgehead atoms. The number of ether oxygens (including phenoxy) is 1. The van der Waals surface area contributed by atoms with Crippen molar-refractivity contribution in [3.8, 4) is 16.9 Å². The lowest BCUT2D eigenvalue weighted by atomic mass is 10.0. The summed E-state index contributed by atoms with van der Waals surface area (Å²) in [4.78, 5) is 23.8. The summed E-state index contributed by atoms with van der Waals surface area (Å²) < 4.78 is 77.8. The predicted octanol–water partition coefficient (Wildman–Crippen LogP) is 6.00. The van der Waals surface area contributed by atoms with Crippen LogP contribution in [0.15, 0.2) is 89.8 Å². The molecule has 0 saturated carbocycles. The second kappa shape index (κ2) is 12.3. The Morgan fingerprint density at radius 3 is 2.22 bits per heavy atom. The van der Waals surface area contributed by atoms with E-state index >= 15 is 0 Å².